The van der Waals surface area contributed by atoms with Gasteiger partial charge in [-0.1, -0.05) is 20.8 Å². The summed E-state index contributed by atoms with van der Waals surface area (Å²) < 4.78 is 0. The van der Waals surface area contributed by atoms with Crippen LogP contribution >= 0.6 is 0 Å². The van der Waals surface area contributed by atoms with Crippen molar-refractivity contribution in [1.29, 1.82) is 0 Å². The number of nitrogens with zero attached hydrogens (tertiary/aromatic N) is 1. The van der Waals surface area contributed by atoms with Gasteiger partial charge in [0, 0.05) is 12.6 Å². The van der Waals surface area contributed by atoms with Crippen LogP contribution in [0.1, 0.15) is 34.6 Å². The Hall–Kier alpha value is -0.730. The third-order valence-corrected chi connectivity index (χ3v) is 2.61. The molecule has 0 bridgehead atoms. The van der Waals surface area contributed by atoms with Gasteiger partial charge in [-0.2, -0.15) is 0 Å². The zero-order valence-electron chi connectivity index (χ0n) is 9.22. The third-order valence-electron chi connectivity index (χ3n) is 2.61. The Morgan fingerprint density at radius 2 is 2.00 bits per heavy atom. The molecule has 1 aliphatic rings. The van der Waals surface area contributed by atoms with Crippen LogP contribution in [0.25, 0.3) is 0 Å². The second kappa shape index (κ2) is 3.20. The molecule has 1 atom stereocenters. The van der Waals surface area contributed by atoms with Crippen molar-refractivity contribution in [1.82, 2.24) is 10.2 Å². The quantitative estimate of drug-likeness (QED) is 0.662. The molecular weight excluding hydrogens is 164 g/mol. The number of carbonyl (C=O) groups excluding carboxylic acids is 1. The van der Waals surface area contributed by atoms with E-state index in [-0.39, 0.29) is 17.5 Å². The van der Waals surface area contributed by atoms with Gasteiger partial charge in [0.25, 0.3) is 0 Å². The summed E-state index contributed by atoms with van der Waals surface area (Å²) in [6.45, 7) is 11.4. The first kappa shape index (κ1) is 10.4. The van der Waals surface area contributed by atoms with Gasteiger partial charge in [-0.05, 0) is 19.3 Å². The highest BCUT2D eigenvalue weighted by Crippen LogP contribution is 2.24. The minimum atomic E-state index is 0.0786. The highest BCUT2D eigenvalue weighted by atomic mass is 16.2. The molecule has 1 fully saturated rings. The average molecular weight is 184 g/mol. The third kappa shape index (κ3) is 2.14. The fraction of sp³-hybridized carbons (Fsp3) is 0.900. The molecule has 0 aliphatic carbocycles. The van der Waals surface area contributed by atoms with Crippen LogP contribution in [0.15, 0.2) is 0 Å². The molecule has 13 heavy (non-hydrogen) atoms. The lowest BCUT2D eigenvalue weighted by atomic mass is 9.87. The second-order valence-corrected chi connectivity index (χ2v) is 5.11. The van der Waals surface area contributed by atoms with Crippen molar-refractivity contribution >= 4 is 6.03 Å². The summed E-state index contributed by atoms with van der Waals surface area (Å²) in [5, 5.41) is 3.01. The average Bonchev–Trinajstić information content (AvgIpc) is 2.29. The zero-order chi connectivity index (χ0) is 10.2. The molecule has 0 radical (unpaired) electrons. The van der Waals surface area contributed by atoms with Crippen LogP contribution in [-0.2, 0) is 0 Å². The Bertz CT molecular complexity index is 205. The predicted molar refractivity (Wildman–Crippen MR) is 53.6 cm³/mol. The molecule has 76 valence electrons. The SMILES string of the molecule is CC(C)N1CC(C(C)(C)C)NC1=O. The summed E-state index contributed by atoms with van der Waals surface area (Å²) in [5.74, 6) is 0. The molecule has 1 unspecified atom stereocenters. The molecule has 0 saturated carbocycles. The molecule has 0 aromatic carbocycles. The number of nitrogens with one attached hydrogen (secondary N) is 1. The van der Waals surface area contributed by atoms with E-state index in [4.69, 9.17) is 0 Å². The largest absolute Gasteiger partial charge is 0.333 e. The van der Waals surface area contributed by atoms with E-state index >= 15 is 0 Å². The van der Waals surface area contributed by atoms with E-state index in [0.717, 1.165) is 6.54 Å². The maximum absolute atomic E-state index is 11.5. The maximum atomic E-state index is 11.5. The molecule has 1 aliphatic heterocycles. The van der Waals surface area contributed by atoms with Gasteiger partial charge in [0.05, 0.1) is 6.04 Å². The van der Waals surface area contributed by atoms with Gasteiger partial charge in [-0.15, -0.1) is 0 Å². The summed E-state index contributed by atoms with van der Waals surface area (Å²) in [4.78, 5) is 13.4. The van der Waals surface area contributed by atoms with Crippen LogP contribution in [0.2, 0.25) is 0 Å². The van der Waals surface area contributed by atoms with Crippen LogP contribution in [-0.4, -0.2) is 29.6 Å². The monoisotopic (exact) mass is 184 g/mol. The summed E-state index contributed by atoms with van der Waals surface area (Å²) in [6, 6.07) is 0.657. The number of hydrogen-bond donors (Lipinski definition) is 1. The molecule has 1 heterocycles. The number of hydrogen-bond acceptors (Lipinski definition) is 1. The topological polar surface area (TPSA) is 32.3 Å². The summed E-state index contributed by atoms with van der Waals surface area (Å²) in [7, 11) is 0. The standard InChI is InChI=1S/C10H20N2O/c1-7(2)12-6-8(10(3,4)5)11-9(12)13/h7-8H,6H2,1-5H3,(H,11,13). The molecule has 1 N–H and O–H groups in total. The van der Waals surface area contributed by atoms with E-state index in [9.17, 15) is 4.79 Å². The van der Waals surface area contributed by atoms with Crippen molar-refractivity contribution in [2.45, 2.75) is 46.7 Å². The summed E-state index contributed by atoms with van der Waals surface area (Å²) in [6.07, 6.45) is 0. The Morgan fingerprint density at radius 3 is 2.23 bits per heavy atom. The van der Waals surface area contributed by atoms with Crippen molar-refractivity contribution in [3.8, 4) is 0 Å². The van der Waals surface area contributed by atoms with Crippen LogP contribution in [0.3, 0.4) is 0 Å². The van der Waals surface area contributed by atoms with Gasteiger partial charge in [-0.3, -0.25) is 0 Å². The summed E-state index contributed by atoms with van der Waals surface area (Å²) in [5.41, 5.74) is 0.152. The first-order chi connectivity index (χ1) is 5.82. The van der Waals surface area contributed by atoms with Crippen molar-refractivity contribution in [2.24, 2.45) is 5.41 Å². The van der Waals surface area contributed by atoms with Crippen molar-refractivity contribution in [3.63, 3.8) is 0 Å². The highest BCUT2D eigenvalue weighted by molar-refractivity contribution is 5.77. The minimum absolute atomic E-state index is 0.0786. The Kier molecular flexibility index (Phi) is 2.55. The van der Waals surface area contributed by atoms with E-state index < -0.39 is 0 Å². The maximum Gasteiger partial charge on any atom is 0.317 e. The fourth-order valence-electron chi connectivity index (χ4n) is 1.49. The Balaban J connectivity index is 2.66. The van der Waals surface area contributed by atoms with Gasteiger partial charge in [-0.25, -0.2) is 4.79 Å². The first-order valence-corrected chi connectivity index (χ1v) is 4.89. The van der Waals surface area contributed by atoms with Crippen LogP contribution in [0.5, 0.6) is 0 Å². The number of rotatable bonds is 1. The van der Waals surface area contributed by atoms with Crippen LogP contribution in [0.4, 0.5) is 4.79 Å². The zero-order valence-corrected chi connectivity index (χ0v) is 9.22. The van der Waals surface area contributed by atoms with Crippen LogP contribution < -0.4 is 5.32 Å². The van der Waals surface area contributed by atoms with Crippen molar-refractivity contribution in [3.05, 3.63) is 0 Å². The molecule has 3 nitrogen and oxygen atoms in total. The lowest BCUT2D eigenvalue weighted by Crippen LogP contribution is -2.38. The lowest BCUT2D eigenvalue weighted by Gasteiger charge is -2.26. The van der Waals surface area contributed by atoms with Gasteiger partial charge >= 0.3 is 6.03 Å². The number of amides is 2. The van der Waals surface area contributed by atoms with Crippen LogP contribution in [0, 0.1) is 5.41 Å². The number of urea groups is 1. The van der Waals surface area contributed by atoms with Gasteiger partial charge in [0.1, 0.15) is 0 Å². The molecule has 0 aromatic rings. The summed E-state index contributed by atoms with van der Waals surface area (Å²) >= 11 is 0. The molecular formula is C10H20N2O. The van der Waals surface area contributed by atoms with E-state index in [1.54, 1.807) is 0 Å². The Labute approximate surface area is 80.5 Å². The predicted octanol–water partition coefficient (Wildman–Crippen LogP) is 1.83. The highest BCUT2D eigenvalue weighted by Gasteiger charge is 2.36. The molecule has 2 amide bonds. The molecule has 0 spiro atoms. The first-order valence-electron chi connectivity index (χ1n) is 4.89. The lowest BCUT2D eigenvalue weighted by molar-refractivity contribution is 0.204. The van der Waals surface area contributed by atoms with Crippen molar-refractivity contribution in [2.75, 3.05) is 6.54 Å². The smallest absolute Gasteiger partial charge is 0.317 e. The molecule has 3 heteroatoms. The van der Waals surface area contributed by atoms with E-state index in [0.29, 0.717) is 6.04 Å². The Morgan fingerprint density at radius 1 is 1.46 bits per heavy atom. The fourth-order valence-corrected chi connectivity index (χ4v) is 1.49. The van der Waals surface area contributed by atoms with Gasteiger partial charge in [0.2, 0.25) is 0 Å². The van der Waals surface area contributed by atoms with Crippen molar-refractivity contribution < 1.29 is 4.79 Å². The van der Waals surface area contributed by atoms with E-state index in [1.165, 1.54) is 0 Å². The van der Waals surface area contributed by atoms with E-state index in [2.05, 4.69) is 26.1 Å². The minimum Gasteiger partial charge on any atom is -0.333 e. The number of carbonyl (C=O) groups is 1. The van der Waals surface area contributed by atoms with Gasteiger partial charge < -0.3 is 10.2 Å². The molecule has 0 aromatic heterocycles. The van der Waals surface area contributed by atoms with Gasteiger partial charge in [0.15, 0.2) is 0 Å². The molecule has 1 saturated heterocycles. The second-order valence-electron chi connectivity index (χ2n) is 5.11. The van der Waals surface area contributed by atoms with E-state index in [1.807, 2.05) is 18.7 Å². The normalized spacial score (nSPS) is 24.0. The molecule has 1 rings (SSSR count).